The summed E-state index contributed by atoms with van der Waals surface area (Å²) in [4.78, 5) is 23.6. The zero-order chi connectivity index (χ0) is 15.4. The van der Waals surface area contributed by atoms with Crippen molar-refractivity contribution < 1.29 is 9.59 Å². The summed E-state index contributed by atoms with van der Waals surface area (Å²) in [6.45, 7) is 1.11. The van der Waals surface area contributed by atoms with Gasteiger partial charge in [-0.15, -0.1) is 0 Å². The van der Waals surface area contributed by atoms with E-state index in [9.17, 15) is 9.59 Å². The van der Waals surface area contributed by atoms with Crippen LogP contribution in [0.1, 0.15) is 23.3 Å². The number of H-pyrrole nitrogens is 1. The first-order valence-electron chi connectivity index (χ1n) is 7.45. The molecule has 0 bridgehead atoms. The Morgan fingerprint density at radius 1 is 1.18 bits per heavy atom. The van der Waals surface area contributed by atoms with Gasteiger partial charge in [0.05, 0.1) is 12.1 Å². The number of hydrogen-bond acceptors (Lipinski definition) is 4. The summed E-state index contributed by atoms with van der Waals surface area (Å²) in [5.41, 5.74) is 1.20. The van der Waals surface area contributed by atoms with Crippen LogP contribution in [0.15, 0.2) is 24.3 Å². The quantitative estimate of drug-likeness (QED) is 0.548. The molecule has 1 aliphatic rings. The Bertz CT molecular complexity index is 677. The second-order valence-corrected chi connectivity index (χ2v) is 5.38. The first kappa shape index (κ1) is 14.5. The number of amides is 2. The molecule has 0 spiro atoms. The summed E-state index contributed by atoms with van der Waals surface area (Å²) >= 11 is 0. The molecule has 0 atom stereocenters. The van der Waals surface area contributed by atoms with Gasteiger partial charge >= 0.3 is 0 Å². The second kappa shape index (κ2) is 6.57. The average molecular weight is 301 g/mol. The summed E-state index contributed by atoms with van der Waals surface area (Å²) in [5.74, 6) is -0.297. The van der Waals surface area contributed by atoms with Crippen LogP contribution in [0.2, 0.25) is 0 Å². The van der Waals surface area contributed by atoms with E-state index in [-0.39, 0.29) is 11.8 Å². The predicted octanol–water partition coefficient (Wildman–Crippen LogP) is 0.161. The summed E-state index contributed by atoms with van der Waals surface area (Å²) in [5, 5.41) is 16.3. The molecule has 1 aliphatic carbocycles. The van der Waals surface area contributed by atoms with E-state index in [2.05, 4.69) is 26.1 Å². The van der Waals surface area contributed by atoms with Crippen molar-refractivity contribution in [1.82, 2.24) is 26.1 Å². The minimum Gasteiger partial charge on any atom is -0.353 e. The number of nitrogens with one attached hydrogen (secondary N) is 4. The number of carbonyl (C=O) groups is 2. The van der Waals surface area contributed by atoms with Gasteiger partial charge in [0.25, 0.3) is 5.91 Å². The Labute approximate surface area is 127 Å². The zero-order valence-electron chi connectivity index (χ0n) is 12.2. The van der Waals surface area contributed by atoms with Gasteiger partial charge in [-0.1, -0.05) is 18.2 Å². The minimum absolute atomic E-state index is 0.0497. The molecule has 3 rings (SSSR count). The van der Waals surface area contributed by atoms with Crippen molar-refractivity contribution >= 4 is 22.7 Å². The van der Waals surface area contributed by atoms with Crippen LogP contribution in [0.3, 0.4) is 0 Å². The number of nitrogens with zero attached hydrogens (tertiary/aromatic N) is 1. The molecule has 2 amide bonds. The Balaban J connectivity index is 1.41. The van der Waals surface area contributed by atoms with Crippen LogP contribution >= 0.6 is 0 Å². The van der Waals surface area contributed by atoms with E-state index < -0.39 is 0 Å². The summed E-state index contributed by atoms with van der Waals surface area (Å²) in [6, 6.07) is 7.97. The Hall–Kier alpha value is -2.41. The lowest BCUT2D eigenvalue weighted by molar-refractivity contribution is -0.120. The molecule has 0 aliphatic heterocycles. The molecule has 7 nitrogen and oxygen atoms in total. The van der Waals surface area contributed by atoms with Gasteiger partial charge in [-0.2, -0.15) is 5.10 Å². The molecular formula is C15H19N5O2. The molecule has 116 valence electrons. The maximum Gasteiger partial charge on any atom is 0.272 e. The van der Waals surface area contributed by atoms with Gasteiger partial charge in [0.15, 0.2) is 5.69 Å². The van der Waals surface area contributed by atoms with Crippen molar-refractivity contribution in [3.63, 3.8) is 0 Å². The molecule has 1 aromatic carbocycles. The third-order valence-corrected chi connectivity index (χ3v) is 3.55. The molecule has 0 unspecified atom stereocenters. The highest BCUT2D eigenvalue weighted by Crippen LogP contribution is 2.17. The SMILES string of the molecule is O=C(CNC1CC1)NCCNC(=O)c1n[nH]c2ccccc12. The molecule has 1 fully saturated rings. The van der Waals surface area contributed by atoms with Crippen molar-refractivity contribution in [3.05, 3.63) is 30.0 Å². The fourth-order valence-electron chi connectivity index (χ4n) is 2.19. The molecule has 0 saturated heterocycles. The van der Waals surface area contributed by atoms with Crippen molar-refractivity contribution in [1.29, 1.82) is 0 Å². The van der Waals surface area contributed by atoms with Crippen molar-refractivity contribution in [2.24, 2.45) is 0 Å². The Morgan fingerprint density at radius 3 is 2.77 bits per heavy atom. The lowest BCUT2D eigenvalue weighted by Gasteiger charge is -2.07. The molecule has 1 heterocycles. The van der Waals surface area contributed by atoms with Gasteiger partial charge in [-0.25, -0.2) is 0 Å². The minimum atomic E-state index is -0.247. The second-order valence-electron chi connectivity index (χ2n) is 5.38. The molecular weight excluding hydrogens is 282 g/mol. The van der Waals surface area contributed by atoms with Gasteiger partial charge in [0.1, 0.15) is 0 Å². The molecule has 1 saturated carbocycles. The Morgan fingerprint density at radius 2 is 1.95 bits per heavy atom. The zero-order valence-corrected chi connectivity index (χ0v) is 12.2. The molecule has 0 radical (unpaired) electrons. The standard InChI is InChI=1S/C15H19N5O2/c21-13(9-18-10-5-6-10)16-7-8-17-15(22)14-11-3-1-2-4-12(11)19-20-14/h1-4,10,18H,5-9H2,(H,16,21)(H,17,22)(H,19,20). The number of hydrogen-bond donors (Lipinski definition) is 4. The predicted molar refractivity (Wildman–Crippen MR) is 82.5 cm³/mol. The monoisotopic (exact) mass is 301 g/mol. The van der Waals surface area contributed by atoms with E-state index >= 15 is 0 Å². The maximum atomic E-state index is 12.1. The number of rotatable bonds is 7. The summed E-state index contributed by atoms with van der Waals surface area (Å²) in [7, 11) is 0. The highest BCUT2D eigenvalue weighted by Gasteiger charge is 2.21. The fourth-order valence-corrected chi connectivity index (χ4v) is 2.19. The van der Waals surface area contributed by atoms with E-state index in [1.165, 1.54) is 0 Å². The van der Waals surface area contributed by atoms with Crippen LogP contribution in [0.4, 0.5) is 0 Å². The van der Waals surface area contributed by atoms with Gasteiger partial charge in [0.2, 0.25) is 5.91 Å². The fraction of sp³-hybridized carbons (Fsp3) is 0.400. The number of benzene rings is 1. The Kier molecular flexibility index (Phi) is 4.34. The topological polar surface area (TPSA) is 98.9 Å². The summed E-state index contributed by atoms with van der Waals surface area (Å²) < 4.78 is 0. The first-order valence-corrected chi connectivity index (χ1v) is 7.45. The third kappa shape index (κ3) is 3.62. The van der Waals surface area contributed by atoms with Crippen LogP contribution in [-0.2, 0) is 4.79 Å². The van der Waals surface area contributed by atoms with Crippen LogP contribution < -0.4 is 16.0 Å². The van der Waals surface area contributed by atoms with Crippen LogP contribution in [0.25, 0.3) is 10.9 Å². The van der Waals surface area contributed by atoms with E-state index in [1.807, 2.05) is 24.3 Å². The third-order valence-electron chi connectivity index (χ3n) is 3.55. The maximum absolute atomic E-state index is 12.1. The molecule has 2 aromatic rings. The summed E-state index contributed by atoms with van der Waals surface area (Å²) in [6.07, 6.45) is 2.31. The van der Waals surface area contributed by atoms with Crippen molar-refractivity contribution in [2.75, 3.05) is 19.6 Å². The number of fused-ring (bicyclic) bond motifs is 1. The highest BCUT2D eigenvalue weighted by molar-refractivity contribution is 6.04. The molecule has 22 heavy (non-hydrogen) atoms. The van der Waals surface area contributed by atoms with Crippen molar-refractivity contribution in [2.45, 2.75) is 18.9 Å². The molecule has 1 aromatic heterocycles. The van der Waals surface area contributed by atoms with Crippen LogP contribution in [0, 0.1) is 0 Å². The lowest BCUT2D eigenvalue weighted by atomic mass is 10.2. The van der Waals surface area contributed by atoms with E-state index in [0.717, 1.165) is 23.7 Å². The van der Waals surface area contributed by atoms with Gasteiger partial charge in [-0.05, 0) is 18.9 Å². The lowest BCUT2D eigenvalue weighted by Crippen LogP contribution is -2.39. The smallest absolute Gasteiger partial charge is 0.272 e. The normalized spacial score (nSPS) is 14.0. The number of para-hydroxylation sites is 1. The number of aromatic nitrogens is 2. The molecule has 7 heteroatoms. The van der Waals surface area contributed by atoms with Gasteiger partial charge < -0.3 is 16.0 Å². The number of carbonyl (C=O) groups excluding carboxylic acids is 2. The van der Waals surface area contributed by atoms with Gasteiger partial charge in [0, 0.05) is 24.5 Å². The van der Waals surface area contributed by atoms with Gasteiger partial charge in [-0.3, -0.25) is 14.7 Å². The average Bonchev–Trinajstić information content (AvgIpc) is 3.26. The molecule has 4 N–H and O–H groups in total. The highest BCUT2D eigenvalue weighted by atomic mass is 16.2. The van der Waals surface area contributed by atoms with Crippen molar-refractivity contribution in [3.8, 4) is 0 Å². The van der Waals surface area contributed by atoms with E-state index in [0.29, 0.717) is 31.4 Å². The van der Waals surface area contributed by atoms with E-state index in [4.69, 9.17) is 0 Å². The first-order chi connectivity index (χ1) is 10.7. The largest absolute Gasteiger partial charge is 0.353 e. The number of aromatic amines is 1. The van der Waals surface area contributed by atoms with Crippen LogP contribution in [0.5, 0.6) is 0 Å². The van der Waals surface area contributed by atoms with Crippen LogP contribution in [-0.4, -0.2) is 47.7 Å². The van der Waals surface area contributed by atoms with E-state index in [1.54, 1.807) is 0 Å².